The van der Waals surface area contributed by atoms with Crippen molar-refractivity contribution in [2.75, 3.05) is 4.72 Å². The minimum Gasteiger partial charge on any atom is -0.505 e. The van der Waals surface area contributed by atoms with Gasteiger partial charge in [-0.3, -0.25) is 9.40 Å². The lowest BCUT2D eigenvalue weighted by molar-refractivity contribution is 0.474. The molecule has 0 fully saturated rings. The Bertz CT molecular complexity index is 681. The summed E-state index contributed by atoms with van der Waals surface area (Å²) in [6.07, 6.45) is 1.38. The van der Waals surface area contributed by atoms with Crippen LogP contribution in [-0.4, -0.2) is 23.3 Å². The molecule has 0 bridgehead atoms. The Morgan fingerprint density at radius 1 is 1.39 bits per heavy atom. The summed E-state index contributed by atoms with van der Waals surface area (Å²) >= 11 is 3.11. The molecule has 0 radical (unpaired) electrons. The van der Waals surface area contributed by atoms with Crippen LogP contribution in [0.3, 0.4) is 0 Å². The highest BCUT2D eigenvalue weighted by atomic mass is 79.9. The van der Waals surface area contributed by atoms with E-state index >= 15 is 0 Å². The number of hydrogen-bond acceptors (Lipinski definition) is 4. The van der Waals surface area contributed by atoms with Crippen molar-refractivity contribution in [3.05, 3.63) is 34.9 Å². The summed E-state index contributed by atoms with van der Waals surface area (Å²) in [5.41, 5.74) is 0.102. The Balaban J connectivity index is 2.40. The van der Waals surface area contributed by atoms with E-state index in [4.69, 9.17) is 0 Å². The monoisotopic (exact) mass is 331 g/mol. The second-order valence-electron chi connectivity index (χ2n) is 3.53. The highest BCUT2D eigenvalue weighted by molar-refractivity contribution is 9.10. The Labute approximate surface area is 112 Å². The molecule has 0 atom stereocenters. The van der Waals surface area contributed by atoms with Crippen molar-refractivity contribution in [2.45, 2.75) is 5.03 Å². The van der Waals surface area contributed by atoms with Gasteiger partial charge >= 0.3 is 0 Å². The van der Waals surface area contributed by atoms with E-state index in [1.54, 1.807) is 12.1 Å². The molecule has 2 N–H and O–H groups in total. The van der Waals surface area contributed by atoms with E-state index in [9.17, 15) is 13.5 Å². The van der Waals surface area contributed by atoms with Gasteiger partial charge in [0, 0.05) is 7.05 Å². The van der Waals surface area contributed by atoms with E-state index < -0.39 is 10.0 Å². The Kier molecular flexibility index (Phi) is 3.31. The Morgan fingerprint density at radius 2 is 2.11 bits per heavy atom. The van der Waals surface area contributed by atoms with Gasteiger partial charge in [-0.2, -0.15) is 13.5 Å². The molecular weight excluding hydrogens is 322 g/mol. The summed E-state index contributed by atoms with van der Waals surface area (Å²) in [4.78, 5) is 0. The second-order valence-corrected chi connectivity index (χ2v) is 6.02. The van der Waals surface area contributed by atoms with E-state index in [1.165, 1.54) is 30.1 Å². The first-order valence-electron chi connectivity index (χ1n) is 4.90. The number of benzene rings is 1. The average Bonchev–Trinajstić information content (AvgIpc) is 2.72. The van der Waals surface area contributed by atoms with E-state index in [0.29, 0.717) is 4.47 Å². The molecule has 6 nitrogen and oxygen atoms in total. The lowest BCUT2D eigenvalue weighted by Crippen LogP contribution is -2.16. The van der Waals surface area contributed by atoms with Gasteiger partial charge in [-0.15, -0.1) is 0 Å². The molecular formula is C10H10BrN3O3S. The van der Waals surface area contributed by atoms with Crippen molar-refractivity contribution in [1.29, 1.82) is 0 Å². The van der Waals surface area contributed by atoms with Gasteiger partial charge < -0.3 is 5.11 Å². The molecule has 0 unspecified atom stereocenters. The van der Waals surface area contributed by atoms with Crippen molar-refractivity contribution in [2.24, 2.45) is 7.05 Å². The highest BCUT2D eigenvalue weighted by Crippen LogP contribution is 2.32. The highest BCUT2D eigenvalue weighted by Gasteiger charge is 2.19. The molecule has 0 aliphatic heterocycles. The standard InChI is InChI=1S/C10H10BrN3O3S/c1-14-9(5-6-12-14)18(16,17)13-8-4-2-3-7(11)10(8)15/h2-6,13,15H,1H3. The van der Waals surface area contributed by atoms with Gasteiger partial charge in [0.25, 0.3) is 10.0 Å². The smallest absolute Gasteiger partial charge is 0.279 e. The Hall–Kier alpha value is -1.54. The summed E-state index contributed by atoms with van der Waals surface area (Å²) in [5, 5.41) is 13.5. The summed E-state index contributed by atoms with van der Waals surface area (Å²) in [6, 6.07) is 6.06. The molecule has 0 amide bonds. The van der Waals surface area contributed by atoms with Crippen LogP contribution < -0.4 is 4.72 Å². The molecule has 1 heterocycles. The quantitative estimate of drug-likeness (QED) is 0.838. The predicted molar refractivity (Wildman–Crippen MR) is 69.8 cm³/mol. The van der Waals surface area contributed by atoms with Crippen LogP contribution in [0.2, 0.25) is 0 Å². The predicted octanol–water partition coefficient (Wildman–Crippen LogP) is 1.69. The maximum atomic E-state index is 12.0. The molecule has 0 aliphatic carbocycles. The number of hydrogen-bond donors (Lipinski definition) is 2. The Morgan fingerprint density at radius 3 is 2.72 bits per heavy atom. The lowest BCUT2D eigenvalue weighted by atomic mass is 10.3. The fourth-order valence-electron chi connectivity index (χ4n) is 1.42. The van der Waals surface area contributed by atoms with Crippen molar-refractivity contribution in [1.82, 2.24) is 9.78 Å². The summed E-state index contributed by atoms with van der Waals surface area (Å²) in [7, 11) is -2.25. The van der Waals surface area contributed by atoms with Crippen LogP contribution >= 0.6 is 15.9 Å². The van der Waals surface area contributed by atoms with Crippen LogP contribution in [0.4, 0.5) is 5.69 Å². The zero-order chi connectivity index (χ0) is 13.3. The number of para-hydroxylation sites is 1. The number of nitrogens with one attached hydrogen (secondary N) is 1. The van der Waals surface area contributed by atoms with Gasteiger partial charge in [0.15, 0.2) is 10.8 Å². The third-order valence-electron chi connectivity index (χ3n) is 2.28. The summed E-state index contributed by atoms with van der Waals surface area (Å²) in [6.45, 7) is 0. The zero-order valence-corrected chi connectivity index (χ0v) is 11.7. The molecule has 0 saturated heterocycles. The fourth-order valence-corrected chi connectivity index (χ4v) is 2.98. The van der Waals surface area contributed by atoms with Crippen molar-refractivity contribution in [3.63, 3.8) is 0 Å². The average molecular weight is 332 g/mol. The molecule has 0 saturated carbocycles. The fraction of sp³-hybridized carbons (Fsp3) is 0.100. The van der Waals surface area contributed by atoms with Gasteiger partial charge in [0.1, 0.15) is 0 Å². The molecule has 96 valence electrons. The number of aryl methyl sites for hydroxylation is 1. The maximum absolute atomic E-state index is 12.0. The summed E-state index contributed by atoms with van der Waals surface area (Å²) < 4.78 is 28.0. The molecule has 18 heavy (non-hydrogen) atoms. The van der Waals surface area contributed by atoms with Gasteiger partial charge in [-0.1, -0.05) is 6.07 Å². The van der Waals surface area contributed by atoms with E-state index in [-0.39, 0.29) is 16.5 Å². The van der Waals surface area contributed by atoms with Crippen LogP contribution in [0, 0.1) is 0 Å². The first-order valence-corrected chi connectivity index (χ1v) is 7.18. The van der Waals surface area contributed by atoms with Crippen LogP contribution in [0.5, 0.6) is 5.75 Å². The second kappa shape index (κ2) is 4.62. The van der Waals surface area contributed by atoms with Gasteiger partial charge in [0.05, 0.1) is 16.4 Å². The topological polar surface area (TPSA) is 84.2 Å². The minimum absolute atomic E-state index is 0.0156. The molecule has 1 aromatic heterocycles. The normalized spacial score (nSPS) is 11.4. The molecule has 2 rings (SSSR count). The van der Waals surface area contributed by atoms with E-state index in [2.05, 4.69) is 25.8 Å². The SMILES string of the molecule is Cn1nccc1S(=O)(=O)Nc1cccc(Br)c1O. The molecule has 2 aromatic rings. The molecule has 0 aliphatic rings. The number of aromatic hydroxyl groups is 1. The molecule has 0 spiro atoms. The van der Waals surface area contributed by atoms with Crippen LogP contribution in [0.25, 0.3) is 0 Å². The number of rotatable bonds is 3. The number of sulfonamides is 1. The number of phenolic OH excluding ortho intramolecular Hbond substituents is 1. The third kappa shape index (κ3) is 2.34. The van der Waals surface area contributed by atoms with Gasteiger partial charge in [0.2, 0.25) is 0 Å². The first kappa shape index (κ1) is 12.9. The first-order chi connectivity index (χ1) is 8.42. The zero-order valence-electron chi connectivity index (χ0n) is 9.33. The molecule has 1 aromatic carbocycles. The van der Waals surface area contributed by atoms with Gasteiger partial charge in [-0.05, 0) is 34.1 Å². The minimum atomic E-state index is -3.77. The van der Waals surface area contributed by atoms with Crippen molar-refractivity contribution >= 4 is 31.6 Å². The number of anilines is 1. The van der Waals surface area contributed by atoms with Gasteiger partial charge in [-0.25, -0.2) is 0 Å². The third-order valence-corrected chi connectivity index (χ3v) is 4.36. The number of halogens is 1. The maximum Gasteiger partial charge on any atom is 0.279 e. The van der Waals surface area contributed by atoms with E-state index in [0.717, 1.165) is 0 Å². The number of aromatic nitrogens is 2. The molecule has 8 heteroatoms. The van der Waals surface area contributed by atoms with Crippen LogP contribution in [0.15, 0.2) is 40.0 Å². The number of phenols is 1. The largest absolute Gasteiger partial charge is 0.505 e. The van der Waals surface area contributed by atoms with Crippen molar-refractivity contribution in [3.8, 4) is 5.75 Å². The van der Waals surface area contributed by atoms with E-state index in [1.807, 2.05) is 0 Å². The number of nitrogens with zero attached hydrogens (tertiary/aromatic N) is 2. The van der Waals surface area contributed by atoms with Crippen LogP contribution in [-0.2, 0) is 17.1 Å². The lowest BCUT2D eigenvalue weighted by Gasteiger charge is -2.10. The summed E-state index contributed by atoms with van der Waals surface area (Å²) in [5.74, 6) is -0.164. The van der Waals surface area contributed by atoms with Crippen molar-refractivity contribution < 1.29 is 13.5 Å². The van der Waals surface area contributed by atoms with Crippen LogP contribution in [0.1, 0.15) is 0 Å².